The number of unbranched alkanes of at least 4 members (excludes halogenated alkanes) is 2. The van der Waals surface area contributed by atoms with Crippen LogP contribution in [0.3, 0.4) is 0 Å². The fourth-order valence-electron chi connectivity index (χ4n) is 5.65. The second-order valence-electron chi connectivity index (χ2n) is 8.75. The normalized spacial score (nSPS) is 22.9. The average Bonchev–Trinajstić information content (AvgIpc) is 3.28. The van der Waals surface area contributed by atoms with Gasteiger partial charge in [0, 0.05) is 18.5 Å². The quantitative estimate of drug-likeness (QED) is 0.585. The van der Waals surface area contributed by atoms with E-state index >= 15 is 0 Å². The van der Waals surface area contributed by atoms with Crippen molar-refractivity contribution in [3.05, 3.63) is 64.7 Å². The average molecular weight is 405 g/mol. The summed E-state index contributed by atoms with van der Waals surface area (Å²) in [5.41, 5.74) is 3.57. The molecule has 1 fully saturated rings. The first-order chi connectivity index (χ1) is 14.6. The zero-order valence-corrected chi connectivity index (χ0v) is 17.2. The van der Waals surface area contributed by atoms with E-state index in [2.05, 4.69) is 11.0 Å². The van der Waals surface area contributed by atoms with Crippen LogP contribution in [0.25, 0.3) is 0 Å². The molecule has 156 valence electrons. The summed E-state index contributed by atoms with van der Waals surface area (Å²) in [5.74, 6) is 0.695. The van der Waals surface area contributed by atoms with Gasteiger partial charge in [0.15, 0.2) is 0 Å². The molecule has 2 aliphatic heterocycles. The molecule has 0 bridgehead atoms. The largest absolute Gasteiger partial charge is 0.508 e. The summed E-state index contributed by atoms with van der Waals surface area (Å²) in [5, 5.41) is 10.2. The number of phenolic OH excluding ortho intramolecular Hbond substituents is 1. The molecule has 2 aromatic rings. The minimum atomic E-state index is -0.151. The number of phenols is 1. The van der Waals surface area contributed by atoms with Crippen LogP contribution in [0.15, 0.2) is 42.5 Å². The Kier molecular flexibility index (Phi) is 5.07. The first-order valence-corrected chi connectivity index (χ1v) is 11.1. The number of imide groups is 1. The van der Waals surface area contributed by atoms with Crippen LogP contribution in [0, 0.1) is 0 Å². The molecule has 5 nitrogen and oxygen atoms in total. The number of amides is 2. The third-order valence-corrected chi connectivity index (χ3v) is 7.14. The molecule has 0 radical (unpaired) electrons. The number of rotatable bonds is 6. The van der Waals surface area contributed by atoms with E-state index in [1.54, 1.807) is 18.2 Å². The fourth-order valence-corrected chi connectivity index (χ4v) is 5.65. The number of benzene rings is 2. The van der Waals surface area contributed by atoms with Crippen LogP contribution in [0.5, 0.6) is 5.75 Å². The van der Waals surface area contributed by atoms with Crippen LogP contribution in [-0.2, 0) is 6.42 Å². The highest BCUT2D eigenvalue weighted by Gasteiger charge is 2.39. The van der Waals surface area contributed by atoms with Gasteiger partial charge in [-0.2, -0.15) is 0 Å². The summed E-state index contributed by atoms with van der Waals surface area (Å²) in [6, 6.07) is 13.6. The minimum absolute atomic E-state index is 0.151. The van der Waals surface area contributed by atoms with Crippen LogP contribution in [0.1, 0.15) is 69.9 Å². The topological polar surface area (TPSA) is 60.9 Å². The number of aromatic hydroxyl groups is 1. The minimum Gasteiger partial charge on any atom is -0.508 e. The molecule has 2 heterocycles. The van der Waals surface area contributed by atoms with Gasteiger partial charge >= 0.3 is 0 Å². The molecule has 5 heteroatoms. The molecule has 1 saturated heterocycles. The van der Waals surface area contributed by atoms with Gasteiger partial charge < -0.3 is 5.11 Å². The van der Waals surface area contributed by atoms with Gasteiger partial charge in [0.2, 0.25) is 0 Å². The van der Waals surface area contributed by atoms with Crippen LogP contribution in [0.2, 0.25) is 0 Å². The number of carbonyl (C=O) groups excluding carboxylic acids is 2. The lowest BCUT2D eigenvalue weighted by molar-refractivity contribution is 0.0651. The van der Waals surface area contributed by atoms with E-state index < -0.39 is 0 Å². The zero-order chi connectivity index (χ0) is 20.7. The standard InChI is InChI=1S/C25H28N2O3/c28-23-10-6-9-17-18-13-16-26(22(18)12-11-19(17)23)14-4-1-5-15-27-24(29)20-7-2-3-8-21(20)25(27)30/h2-3,6-10,18,22,28H,1,4-5,11-16H2/t18-,22+/m1/s1. The molecule has 2 aromatic carbocycles. The maximum Gasteiger partial charge on any atom is 0.261 e. The van der Waals surface area contributed by atoms with E-state index in [4.69, 9.17) is 0 Å². The van der Waals surface area contributed by atoms with E-state index in [0.717, 1.165) is 57.2 Å². The maximum absolute atomic E-state index is 12.4. The lowest BCUT2D eigenvalue weighted by Crippen LogP contribution is -2.35. The predicted molar refractivity (Wildman–Crippen MR) is 115 cm³/mol. The van der Waals surface area contributed by atoms with E-state index in [0.29, 0.717) is 35.4 Å². The molecule has 2 amide bonds. The fraction of sp³-hybridized carbons (Fsp3) is 0.440. The van der Waals surface area contributed by atoms with Gasteiger partial charge in [-0.25, -0.2) is 0 Å². The van der Waals surface area contributed by atoms with Crippen LogP contribution < -0.4 is 0 Å². The Labute approximate surface area is 177 Å². The third-order valence-electron chi connectivity index (χ3n) is 7.14. The van der Waals surface area contributed by atoms with Crippen molar-refractivity contribution < 1.29 is 14.7 Å². The molecule has 0 unspecified atom stereocenters. The van der Waals surface area contributed by atoms with Crippen LogP contribution in [-0.4, -0.2) is 52.4 Å². The first-order valence-electron chi connectivity index (χ1n) is 11.1. The number of hydrogen-bond donors (Lipinski definition) is 1. The molecule has 5 rings (SSSR count). The second kappa shape index (κ2) is 7.88. The monoisotopic (exact) mass is 404 g/mol. The highest BCUT2D eigenvalue weighted by Crippen LogP contribution is 2.43. The third kappa shape index (κ3) is 3.21. The van der Waals surface area contributed by atoms with Gasteiger partial charge in [-0.1, -0.05) is 30.7 Å². The summed E-state index contributed by atoms with van der Waals surface area (Å²) in [7, 11) is 0. The molecular weight excluding hydrogens is 376 g/mol. The van der Waals surface area contributed by atoms with Crippen molar-refractivity contribution in [1.82, 2.24) is 9.80 Å². The van der Waals surface area contributed by atoms with Crippen LogP contribution in [0.4, 0.5) is 0 Å². The van der Waals surface area contributed by atoms with Gasteiger partial charge in [0.05, 0.1) is 11.1 Å². The molecule has 30 heavy (non-hydrogen) atoms. The highest BCUT2D eigenvalue weighted by atomic mass is 16.3. The Hall–Kier alpha value is -2.66. The first kappa shape index (κ1) is 19.3. The molecule has 2 atom stereocenters. The van der Waals surface area contributed by atoms with Gasteiger partial charge in [0.25, 0.3) is 11.8 Å². The van der Waals surface area contributed by atoms with Crippen molar-refractivity contribution in [2.75, 3.05) is 19.6 Å². The smallest absolute Gasteiger partial charge is 0.261 e. The highest BCUT2D eigenvalue weighted by molar-refractivity contribution is 6.21. The molecule has 0 saturated carbocycles. The molecule has 1 N–H and O–H groups in total. The summed E-state index contributed by atoms with van der Waals surface area (Å²) in [6.45, 7) is 2.69. The van der Waals surface area contributed by atoms with Crippen molar-refractivity contribution in [2.45, 2.75) is 50.5 Å². The number of nitrogens with zero attached hydrogens (tertiary/aromatic N) is 2. The second-order valence-corrected chi connectivity index (χ2v) is 8.75. The Morgan fingerprint density at radius 1 is 0.867 bits per heavy atom. The van der Waals surface area contributed by atoms with Crippen molar-refractivity contribution in [3.8, 4) is 5.75 Å². The van der Waals surface area contributed by atoms with E-state index in [9.17, 15) is 14.7 Å². The Balaban J connectivity index is 1.11. The molecule has 0 spiro atoms. The van der Waals surface area contributed by atoms with Gasteiger partial charge in [-0.05, 0) is 74.5 Å². The van der Waals surface area contributed by atoms with Gasteiger partial charge in [-0.15, -0.1) is 0 Å². The summed E-state index contributed by atoms with van der Waals surface area (Å²) in [4.78, 5) is 28.9. The Morgan fingerprint density at radius 2 is 1.60 bits per heavy atom. The van der Waals surface area contributed by atoms with Crippen molar-refractivity contribution in [2.24, 2.45) is 0 Å². The number of hydrogen-bond acceptors (Lipinski definition) is 4. The Morgan fingerprint density at radius 3 is 2.37 bits per heavy atom. The lowest BCUT2D eigenvalue weighted by Gasteiger charge is -2.33. The van der Waals surface area contributed by atoms with Crippen LogP contribution >= 0.6 is 0 Å². The van der Waals surface area contributed by atoms with Gasteiger partial charge in [0.1, 0.15) is 5.75 Å². The maximum atomic E-state index is 12.4. The van der Waals surface area contributed by atoms with Crippen molar-refractivity contribution in [3.63, 3.8) is 0 Å². The van der Waals surface area contributed by atoms with Crippen molar-refractivity contribution >= 4 is 11.8 Å². The number of fused-ring (bicyclic) bond motifs is 4. The number of carbonyl (C=O) groups is 2. The molecule has 3 aliphatic rings. The van der Waals surface area contributed by atoms with E-state index in [1.807, 2.05) is 18.2 Å². The lowest BCUT2D eigenvalue weighted by atomic mass is 9.79. The summed E-state index contributed by atoms with van der Waals surface area (Å²) < 4.78 is 0. The zero-order valence-electron chi connectivity index (χ0n) is 17.2. The van der Waals surface area contributed by atoms with E-state index in [1.165, 1.54) is 10.5 Å². The summed E-state index contributed by atoms with van der Waals surface area (Å²) in [6.07, 6.45) is 6.18. The number of likely N-dealkylation sites (tertiary alicyclic amines) is 1. The summed E-state index contributed by atoms with van der Waals surface area (Å²) >= 11 is 0. The van der Waals surface area contributed by atoms with Gasteiger partial charge in [-0.3, -0.25) is 19.4 Å². The van der Waals surface area contributed by atoms with Crippen molar-refractivity contribution in [1.29, 1.82) is 0 Å². The Bertz CT molecular complexity index is 951. The SMILES string of the molecule is O=C1c2ccccc2C(=O)N1CCCCCN1CC[C@@H]2c3cccc(O)c3CC[C@@H]21. The predicted octanol–water partition coefficient (Wildman–Crippen LogP) is 3.96. The molecule has 0 aromatic heterocycles. The van der Waals surface area contributed by atoms with E-state index in [-0.39, 0.29) is 11.8 Å². The molecular formula is C25H28N2O3. The molecule has 1 aliphatic carbocycles.